The van der Waals surface area contributed by atoms with Gasteiger partial charge in [0.05, 0.1) is 0 Å². The molecule has 3 N–H and O–H groups in total. The van der Waals surface area contributed by atoms with Gasteiger partial charge in [-0.15, -0.1) is 0 Å². The molecule has 1 aliphatic rings. The van der Waals surface area contributed by atoms with Crippen LogP contribution in [0.4, 0.5) is 8.78 Å². The van der Waals surface area contributed by atoms with E-state index in [0.29, 0.717) is 13.0 Å². The number of alkyl halides is 2. The second-order valence-corrected chi connectivity index (χ2v) is 5.49. The maximum atomic E-state index is 12.1. The normalized spacial score (nSPS) is 28.3. The second-order valence-electron chi connectivity index (χ2n) is 3.81. The lowest BCUT2D eigenvalue weighted by atomic mass is 9.85. The van der Waals surface area contributed by atoms with Gasteiger partial charge >= 0.3 is 5.76 Å². The highest BCUT2D eigenvalue weighted by Crippen LogP contribution is 2.24. The van der Waals surface area contributed by atoms with Crippen LogP contribution < -0.4 is 10.5 Å². The van der Waals surface area contributed by atoms with Gasteiger partial charge in [0.25, 0.3) is 10.0 Å². The summed E-state index contributed by atoms with van der Waals surface area (Å²) in [5, 5.41) is 0. The largest absolute Gasteiger partial charge is 0.350 e. The van der Waals surface area contributed by atoms with Crippen LogP contribution in [0.1, 0.15) is 25.7 Å². The Morgan fingerprint density at radius 1 is 1.33 bits per heavy atom. The van der Waals surface area contributed by atoms with Gasteiger partial charge in [-0.1, -0.05) is 12.8 Å². The quantitative estimate of drug-likeness (QED) is 0.760. The minimum Gasteiger partial charge on any atom is -0.330 e. The van der Waals surface area contributed by atoms with E-state index in [2.05, 4.69) is 0 Å². The van der Waals surface area contributed by atoms with Crippen molar-refractivity contribution in [3.8, 4) is 0 Å². The van der Waals surface area contributed by atoms with E-state index >= 15 is 0 Å². The predicted molar refractivity (Wildman–Crippen MR) is 52.9 cm³/mol. The van der Waals surface area contributed by atoms with Crippen molar-refractivity contribution in [2.75, 3.05) is 6.54 Å². The van der Waals surface area contributed by atoms with Gasteiger partial charge in [-0.05, 0) is 25.3 Å². The van der Waals surface area contributed by atoms with Gasteiger partial charge in [0.1, 0.15) is 0 Å². The Morgan fingerprint density at radius 2 is 1.93 bits per heavy atom. The lowest BCUT2D eigenvalue weighted by Gasteiger charge is -2.30. The molecule has 0 saturated heterocycles. The molecule has 2 unspecified atom stereocenters. The van der Waals surface area contributed by atoms with Crippen molar-refractivity contribution in [1.29, 1.82) is 0 Å². The summed E-state index contributed by atoms with van der Waals surface area (Å²) in [4.78, 5) is 0. The third-order valence-corrected chi connectivity index (χ3v) is 3.86. The van der Waals surface area contributed by atoms with Gasteiger partial charge in [0, 0.05) is 6.04 Å². The fourth-order valence-electron chi connectivity index (χ4n) is 1.91. The molecule has 15 heavy (non-hydrogen) atoms. The van der Waals surface area contributed by atoms with E-state index in [1.165, 1.54) is 0 Å². The van der Waals surface area contributed by atoms with Gasteiger partial charge < -0.3 is 5.73 Å². The molecular formula is C8H16F2N2O2S. The highest BCUT2D eigenvalue weighted by atomic mass is 32.2. The van der Waals surface area contributed by atoms with E-state index in [1.54, 1.807) is 0 Å². The number of nitrogens with two attached hydrogens (primary N) is 1. The first-order chi connectivity index (χ1) is 6.97. The molecular weight excluding hydrogens is 226 g/mol. The Labute approximate surface area is 88.3 Å². The number of hydrogen-bond acceptors (Lipinski definition) is 3. The first kappa shape index (κ1) is 12.8. The molecule has 90 valence electrons. The van der Waals surface area contributed by atoms with Gasteiger partial charge in [-0.25, -0.2) is 13.1 Å². The smallest absolute Gasteiger partial charge is 0.330 e. The summed E-state index contributed by atoms with van der Waals surface area (Å²) in [7, 11) is -4.48. The molecule has 1 aliphatic carbocycles. The molecule has 4 nitrogen and oxygen atoms in total. The molecule has 2 atom stereocenters. The summed E-state index contributed by atoms with van der Waals surface area (Å²) >= 11 is 0. The summed E-state index contributed by atoms with van der Waals surface area (Å²) in [6, 6.07) is -0.428. The summed E-state index contributed by atoms with van der Waals surface area (Å²) in [6.45, 7) is 0.330. The SMILES string of the molecule is NCC1CCCCC1NS(=O)(=O)C(F)F. The zero-order valence-corrected chi connectivity index (χ0v) is 9.14. The number of rotatable bonds is 4. The molecule has 0 spiro atoms. The first-order valence-electron chi connectivity index (χ1n) is 4.96. The number of nitrogens with one attached hydrogen (secondary N) is 1. The van der Waals surface area contributed by atoms with Crippen LogP contribution in [0.5, 0.6) is 0 Å². The topological polar surface area (TPSA) is 72.2 Å². The zero-order chi connectivity index (χ0) is 11.5. The van der Waals surface area contributed by atoms with E-state index in [9.17, 15) is 17.2 Å². The third kappa shape index (κ3) is 3.35. The van der Waals surface area contributed by atoms with Crippen molar-refractivity contribution in [3.63, 3.8) is 0 Å². The first-order valence-corrected chi connectivity index (χ1v) is 6.51. The van der Waals surface area contributed by atoms with E-state index in [4.69, 9.17) is 5.73 Å². The van der Waals surface area contributed by atoms with E-state index < -0.39 is 21.8 Å². The van der Waals surface area contributed by atoms with Crippen LogP contribution >= 0.6 is 0 Å². The van der Waals surface area contributed by atoms with E-state index in [1.807, 2.05) is 4.72 Å². The van der Waals surface area contributed by atoms with Crippen LogP contribution in [-0.4, -0.2) is 26.8 Å². The van der Waals surface area contributed by atoms with Crippen LogP contribution in [0, 0.1) is 5.92 Å². The lowest BCUT2D eigenvalue weighted by molar-refractivity contribution is 0.225. The Kier molecular flexibility index (Phi) is 4.42. The molecule has 0 bridgehead atoms. The molecule has 0 aliphatic heterocycles. The molecule has 0 aromatic heterocycles. The maximum absolute atomic E-state index is 12.1. The molecule has 1 saturated carbocycles. The van der Waals surface area contributed by atoms with E-state index in [-0.39, 0.29) is 5.92 Å². The van der Waals surface area contributed by atoms with E-state index in [0.717, 1.165) is 19.3 Å². The van der Waals surface area contributed by atoms with Crippen LogP contribution in [0.3, 0.4) is 0 Å². The van der Waals surface area contributed by atoms with Crippen molar-refractivity contribution in [2.45, 2.75) is 37.5 Å². The molecule has 7 heteroatoms. The molecule has 1 rings (SSSR count). The van der Waals surface area contributed by atoms with Crippen molar-refractivity contribution in [1.82, 2.24) is 4.72 Å². The minimum atomic E-state index is -4.48. The highest BCUT2D eigenvalue weighted by Gasteiger charge is 2.32. The lowest BCUT2D eigenvalue weighted by Crippen LogP contribution is -2.46. The van der Waals surface area contributed by atoms with Gasteiger partial charge in [-0.2, -0.15) is 8.78 Å². The Hall–Kier alpha value is -0.270. The van der Waals surface area contributed by atoms with Crippen molar-refractivity contribution < 1.29 is 17.2 Å². The molecule has 0 amide bonds. The van der Waals surface area contributed by atoms with Crippen LogP contribution in [-0.2, 0) is 10.0 Å². The van der Waals surface area contributed by atoms with Gasteiger partial charge in [0.15, 0.2) is 0 Å². The average molecular weight is 242 g/mol. The fraction of sp³-hybridized carbons (Fsp3) is 1.00. The van der Waals surface area contributed by atoms with Gasteiger partial charge in [-0.3, -0.25) is 0 Å². The fourth-order valence-corrected chi connectivity index (χ4v) is 2.74. The Bertz CT molecular complexity index is 295. The second kappa shape index (κ2) is 5.18. The number of hydrogen-bond donors (Lipinski definition) is 2. The summed E-state index contributed by atoms with van der Waals surface area (Å²) < 4.78 is 48.2. The van der Waals surface area contributed by atoms with Crippen molar-refractivity contribution in [2.24, 2.45) is 11.7 Å². The summed E-state index contributed by atoms with van der Waals surface area (Å²) in [5.74, 6) is -3.38. The summed E-state index contributed by atoms with van der Waals surface area (Å²) in [5.41, 5.74) is 5.47. The molecule has 0 aromatic carbocycles. The van der Waals surface area contributed by atoms with Crippen molar-refractivity contribution in [3.05, 3.63) is 0 Å². The monoisotopic (exact) mass is 242 g/mol. The maximum Gasteiger partial charge on any atom is 0.350 e. The van der Waals surface area contributed by atoms with Crippen molar-refractivity contribution >= 4 is 10.0 Å². The number of sulfonamides is 1. The molecule has 1 fully saturated rings. The molecule has 0 heterocycles. The Morgan fingerprint density at radius 3 is 2.47 bits per heavy atom. The highest BCUT2D eigenvalue weighted by molar-refractivity contribution is 7.89. The summed E-state index contributed by atoms with van der Waals surface area (Å²) in [6.07, 6.45) is 3.22. The molecule has 0 aromatic rings. The average Bonchev–Trinajstić information content (AvgIpc) is 2.18. The molecule has 0 radical (unpaired) electrons. The number of halogens is 2. The zero-order valence-electron chi connectivity index (χ0n) is 8.33. The van der Waals surface area contributed by atoms with Crippen LogP contribution in [0.25, 0.3) is 0 Å². The van der Waals surface area contributed by atoms with Crippen LogP contribution in [0.2, 0.25) is 0 Å². The predicted octanol–water partition coefficient (Wildman–Crippen LogP) is 0.646. The Balaban J connectivity index is 2.63. The third-order valence-electron chi connectivity index (χ3n) is 2.76. The van der Waals surface area contributed by atoms with Crippen LogP contribution in [0.15, 0.2) is 0 Å². The minimum absolute atomic E-state index is 0.0210. The van der Waals surface area contributed by atoms with Gasteiger partial charge in [0.2, 0.25) is 0 Å². The standard InChI is InChI=1S/C8H16F2N2O2S/c9-8(10)15(13,14)12-7-4-2-1-3-6(7)5-11/h6-8,12H,1-5,11H2.